The largest absolute Gasteiger partial charge is 0.489 e. The lowest BCUT2D eigenvalue weighted by atomic mass is 9.69. The van der Waals surface area contributed by atoms with Crippen LogP contribution in [-0.4, -0.2) is 95.0 Å². The quantitative estimate of drug-likeness (QED) is 0.0689. The summed E-state index contributed by atoms with van der Waals surface area (Å²) in [6.45, 7) is 20.4. The van der Waals surface area contributed by atoms with Crippen molar-refractivity contribution >= 4 is 61.5 Å². The zero-order chi connectivity index (χ0) is 51.2. The number of nitrogens with zero attached hydrogens (tertiary/aromatic N) is 2. The smallest absolute Gasteiger partial charge is 0.411 e. The number of fused-ring (bicyclic) bond motifs is 3. The Balaban J connectivity index is 0.000000341. The lowest BCUT2D eigenvalue weighted by Crippen LogP contribution is -2.43. The number of nitrogens with one attached hydrogen (secondary N) is 2. The summed E-state index contributed by atoms with van der Waals surface area (Å²) in [7, 11) is 4.73. The highest BCUT2D eigenvalue weighted by Gasteiger charge is 2.40. The van der Waals surface area contributed by atoms with Crippen molar-refractivity contribution < 1.29 is 38.8 Å². The molecule has 2 aliphatic heterocycles. The molecule has 2 amide bonds. The van der Waals surface area contributed by atoms with E-state index >= 15 is 0 Å². The number of carbonyl (C=O) groups excluding carboxylic acids is 3. The van der Waals surface area contributed by atoms with Gasteiger partial charge in [0.25, 0.3) is 5.91 Å². The van der Waals surface area contributed by atoms with Gasteiger partial charge in [0.2, 0.25) is 0 Å². The van der Waals surface area contributed by atoms with E-state index in [2.05, 4.69) is 76.2 Å². The van der Waals surface area contributed by atoms with Gasteiger partial charge in [-0.15, -0.1) is 12.3 Å². The molecular formula is C55H70N4O8S2. The first kappa shape index (κ1) is 56.0. The van der Waals surface area contributed by atoms with E-state index in [-0.39, 0.29) is 41.8 Å². The molecule has 0 fully saturated rings. The zero-order valence-corrected chi connectivity index (χ0v) is 43.9. The highest BCUT2D eigenvalue weighted by atomic mass is 33.1. The fourth-order valence-corrected chi connectivity index (χ4v) is 8.01. The fraction of sp³-hybridized carbons (Fsp3) is 0.455. The normalized spacial score (nSPS) is 16.6. The first-order valence-electron chi connectivity index (χ1n) is 22.9. The number of aliphatic hydroxyl groups is 2. The van der Waals surface area contributed by atoms with Crippen LogP contribution in [0.15, 0.2) is 89.9 Å². The van der Waals surface area contributed by atoms with Gasteiger partial charge < -0.3 is 34.6 Å². The molecule has 1 aliphatic carbocycles. The predicted octanol–water partition coefficient (Wildman–Crippen LogP) is 10.6. The molecule has 69 heavy (non-hydrogen) atoms. The number of allylic oxidation sites excluding steroid dienone is 5. The summed E-state index contributed by atoms with van der Waals surface area (Å²) in [5.41, 5.74) is 4.37. The van der Waals surface area contributed by atoms with Gasteiger partial charge in [-0.2, -0.15) is 0 Å². The molecule has 2 aromatic carbocycles. The molecule has 0 bridgehead atoms. The van der Waals surface area contributed by atoms with Crippen molar-refractivity contribution in [3.8, 4) is 35.7 Å². The number of Topliss-reactive ketones (excluding diaryl/α,β-unsaturated/α-hetero) is 1. The third-order valence-electron chi connectivity index (χ3n) is 13.3. The van der Waals surface area contributed by atoms with Crippen molar-refractivity contribution in [3.63, 3.8) is 0 Å². The number of hydrogen-bond acceptors (Lipinski definition) is 12. The maximum absolute atomic E-state index is 14.1. The minimum atomic E-state index is -0.993. The summed E-state index contributed by atoms with van der Waals surface area (Å²) in [5, 5.41) is 27.8. The van der Waals surface area contributed by atoms with Crippen LogP contribution in [0.25, 0.3) is 16.5 Å². The average Bonchev–Trinajstić information content (AvgIpc) is 3.71. The summed E-state index contributed by atoms with van der Waals surface area (Å²) >= 11 is 0. The first-order chi connectivity index (χ1) is 32.5. The summed E-state index contributed by atoms with van der Waals surface area (Å²) in [6.07, 6.45) is 17.3. The van der Waals surface area contributed by atoms with E-state index in [0.717, 1.165) is 51.8 Å². The summed E-state index contributed by atoms with van der Waals surface area (Å²) in [4.78, 5) is 43.3. The third kappa shape index (κ3) is 14.7. The van der Waals surface area contributed by atoms with Gasteiger partial charge in [-0.05, 0) is 111 Å². The molecule has 12 nitrogen and oxygen atoms in total. The van der Waals surface area contributed by atoms with Crippen LogP contribution in [0.3, 0.4) is 0 Å². The lowest BCUT2D eigenvalue weighted by molar-refractivity contribution is -0.116. The highest BCUT2D eigenvalue weighted by molar-refractivity contribution is 8.76. The predicted molar refractivity (Wildman–Crippen MR) is 283 cm³/mol. The monoisotopic (exact) mass is 978 g/mol. The van der Waals surface area contributed by atoms with Crippen LogP contribution in [0.5, 0.6) is 11.5 Å². The third-order valence-corrected chi connectivity index (χ3v) is 15.0. The Morgan fingerprint density at radius 2 is 1.70 bits per heavy atom. The number of benzene rings is 2. The molecule has 6 rings (SSSR count). The number of anilines is 1. The second kappa shape index (κ2) is 24.8. The minimum absolute atomic E-state index is 0.0234. The number of aromatic nitrogens is 1. The van der Waals surface area contributed by atoms with Gasteiger partial charge in [0.1, 0.15) is 0 Å². The van der Waals surface area contributed by atoms with Crippen LogP contribution in [0.4, 0.5) is 10.5 Å². The molecule has 3 aliphatic rings. The Bertz CT molecular complexity index is 2570. The molecule has 3 aromatic rings. The number of hydrogen-bond donors (Lipinski definition) is 4. The van der Waals surface area contributed by atoms with Crippen molar-refractivity contribution in [2.75, 3.05) is 50.8 Å². The van der Waals surface area contributed by atoms with E-state index < -0.39 is 17.1 Å². The van der Waals surface area contributed by atoms with Gasteiger partial charge in [0, 0.05) is 60.0 Å². The Kier molecular flexibility index (Phi) is 20.1. The first-order valence-corrected chi connectivity index (χ1v) is 25.6. The minimum Gasteiger partial charge on any atom is -0.489 e. The SMILES string of the molecule is C#C/C=C\C#CC.CC(C)(O)C(C)(C)COc1cc2c(cc1OCC(C)(C)C(C)(C)CO)NCC1CC(c3ccc4ncccc4c3)=CN1C2=O.COC(=O)NC1=C(C)/C(=C\CSSC)CCC1=O. The number of pyridine rings is 1. The van der Waals surface area contributed by atoms with Crippen LogP contribution in [-0.2, 0) is 9.53 Å². The van der Waals surface area contributed by atoms with Gasteiger partial charge in [0.05, 0.1) is 54.4 Å². The van der Waals surface area contributed by atoms with Crippen molar-refractivity contribution in [2.45, 2.75) is 100 Å². The second-order valence-corrected chi connectivity index (χ2v) is 22.0. The maximum atomic E-state index is 14.1. The second-order valence-electron chi connectivity index (χ2n) is 19.4. The zero-order valence-electron chi connectivity index (χ0n) is 42.3. The molecule has 3 heterocycles. The van der Waals surface area contributed by atoms with Crippen molar-refractivity contribution in [1.29, 1.82) is 0 Å². The van der Waals surface area contributed by atoms with E-state index in [1.54, 1.807) is 66.8 Å². The molecular weight excluding hydrogens is 909 g/mol. The van der Waals surface area contributed by atoms with E-state index in [1.165, 1.54) is 7.11 Å². The van der Waals surface area contributed by atoms with Crippen molar-refractivity contribution in [2.24, 2.45) is 16.2 Å². The van der Waals surface area contributed by atoms with Gasteiger partial charge in [-0.1, -0.05) is 93.2 Å². The van der Waals surface area contributed by atoms with E-state index in [1.807, 2.05) is 70.2 Å². The molecule has 0 spiro atoms. The lowest BCUT2D eigenvalue weighted by Gasteiger charge is -2.40. The van der Waals surface area contributed by atoms with Crippen LogP contribution >= 0.6 is 21.6 Å². The Morgan fingerprint density at radius 3 is 2.33 bits per heavy atom. The van der Waals surface area contributed by atoms with Crippen LogP contribution in [0, 0.1) is 40.4 Å². The van der Waals surface area contributed by atoms with Crippen LogP contribution in [0.2, 0.25) is 0 Å². The Morgan fingerprint density at radius 1 is 1.00 bits per heavy atom. The molecule has 4 N–H and O–H groups in total. The standard InChI is InChI=1S/C36H47N3O5.C12H17NO3S2.C7H6/c1-33(2,20-40)34(3,4)21-43-31-17-29-27(16-30(31)44-22-35(5,6)36(7,8)42)32(41)39-19-25(15-26(39)18-38-29)23-11-12-28-24(14-23)10-9-13-37-28;1-8-9(6-7-18-17-3)4-5-10(14)11(8)13-12(15)16-2;1-3-5-7-6-4-2/h9-14,16-17,19,26,38,40,42H,15,18,20-22H2,1-8H3;6H,4-5,7H2,1-3H3,(H,13,15);1,5,7H,2H3/b;9-6-;7-5-. The number of alkyl carbamates (subject to hydrolysis) is 1. The number of carbonyl (C=O) groups is 3. The van der Waals surface area contributed by atoms with Crippen LogP contribution in [0.1, 0.15) is 104 Å². The number of terminal acetylenes is 1. The fourth-order valence-electron chi connectivity index (χ4n) is 7.00. The Hall–Kier alpha value is -5.64. The number of amides is 2. The number of methoxy groups -OCH3 is 1. The summed E-state index contributed by atoms with van der Waals surface area (Å²) in [5.74, 6) is 9.38. The molecule has 0 radical (unpaired) electrons. The van der Waals surface area contributed by atoms with Crippen molar-refractivity contribution in [3.05, 3.63) is 101 Å². The van der Waals surface area contributed by atoms with Gasteiger partial charge in [-0.3, -0.25) is 19.9 Å². The molecule has 0 saturated carbocycles. The Labute approximate surface area is 417 Å². The van der Waals surface area contributed by atoms with E-state index in [4.69, 9.17) is 15.9 Å². The molecule has 370 valence electrons. The summed E-state index contributed by atoms with van der Waals surface area (Å²) < 4.78 is 17.3. The van der Waals surface area contributed by atoms with Crippen LogP contribution < -0.4 is 20.1 Å². The maximum Gasteiger partial charge on any atom is 0.411 e. The number of ketones is 1. The molecule has 0 saturated heterocycles. The van der Waals surface area contributed by atoms with E-state index in [9.17, 15) is 24.6 Å². The number of ether oxygens (including phenoxy) is 3. The molecule has 1 unspecified atom stereocenters. The van der Waals surface area contributed by atoms with Gasteiger partial charge in [0.15, 0.2) is 17.3 Å². The average molecular weight is 979 g/mol. The molecule has 1 aromatic heterocycles. The van der Waals surface area contributed by atoms with E-state index in [0.29, 0.717) is 48.0 Å². The highest BCUT2D eigenvalue weighted by Crippen LogP contribution is 2.43. The van der Waals surface area contributed by atoms with Crippen molar-refractivity contribution in [1.82, 2.24) is 15.2 Å². The number of aliphatic hydroxyl groups excluding tert-OH is 1. The topological polar surface area (TPSA) is 160 Å². The molecule has 14 heteroatoms. The van der Waals surface area contributed by atoms with Gasteiger partial charge >= 0.3 is 6.09 Å². The van der Waals surface area contributed by atoms with Gasteiger partial charge in [-0.25, -0.2) is 4.79 Å². The molecule has 1 atom stereocenters. The summed E-state index contributed by atoms with van der Waals surface area (Å²) in [6, 6.07) is 13.8. The number of rotatable bonds is 14.